The van der Waals surface area contributed by atoms with Gasteiger partial charge in [-0.25, -0.2) is 4.98 Å². The van der Waals surface area contributed by atoms with Crippen LogP contribution in [0.2, 0.25) is 5.15 Å². The molecule has 3 nitrogen and oxygen atoms in total. The molecule has 1 aromatic rings. The second-order valence-electron chi connectivity index (χ2n) is 5.77. The highest BCUT2D eigenvalue weighted by Gasteiger charge is 2.28. The number of halogens is 1. The van der Waals surface area contributed by atoms with Crippen molar-refractivity contribution in [2.75, 3.05) is 19.6 Å². The van der Waals surface area contributed by atoms with E-state index in [0.717, 1.165) is 24.1 Å². The Hall–Kier alpha value is -0.640. The Kier molecular flexibility index (Phi) is 4.36. The van der Waals surface area contributed by atoms with E-state index in [9.17, 15) is 0 Å². The van der Waals surface area contributed by atoms with Gasteiger partial charge < -0.3 is 5.32 Å². The highest BCUT2D eigenvalue weighted by Crippen LogP contribution is 2.26. The number of nitrogens with zero attached hydrogens (tertiary/aromatic N) is 2. The van der Waals surface area contributed by atoms with E-state index in [4.69, 9.17) is 11.6 Å². The molecule has 2 aliphatic rings. The predicted octanol–water partition coefficient (Wildman–Crippen LogP) is 2.70. The summed E-state index contributed by atoms with van der Waals surface area (Å²) in [6.45, 7) is 4.54. The fourth-order valence-electron chi connectivity index (χ4n) is 3.41. The van der Waals surface area contributed by atoms with Gasteiger partial charge in [0.25, 0.3) is 0 Å². The summed E-state index contributed by atoms with van der Waals surface area (Å²) in [6.07, 6.45) is 7.12. The first-order valence-corrected chi connectivity index (χ1v) is 7.76. The van der Waals surface area contributed by atoms with Crippen LogP contribution >= 0.6 is 11.6 Å². The topological polar surface area (TPSA) is 28.2 Å². The van der Waals surface area contributed by atoms with E-state index < -0.39 is 0 Å². The number of hydrogen-bond donors (Lipinski definition) is 1. The minimum atomic E-state index is 0.655. The minimum Gasteiger partial charge on any atom is -0.314 e. The molecule has 19 heavy (non-hydrogen) atoms. The van der Waals surface area contributed by atoms with Crippen molar-refractivity contribution in [3.05, 3.63) is 29.0 Å². The third-order valence-electron chi connectivity index (χ3n) is 4.53. The van der Waals surface area contributed by atoms with Gasteiger partial charge >= 0.3 is 0 Å². The minimum absolute atomic E-state index is 0.655. The van der Waals surface area contributed by atoms with Gasteiger partial charge in [-0.2, -0.15) is 0 Å². The van der Waals surface area contributed by atoms with Crippen molar-refractivity contribution in [1.82, 2.24) is 15.2 Å². The third-order valence-corrected chi connectivity index (χ3v) is 4.87. The SMILES string of the molecule is Clc1ncccc1CN1CCC(C2CCCN2)CC1. The molecule has 104 valence electrons. The highest BCUT2D eigenvalue weighted by molar-refractivity contribution is 6.30. The molecule has 0 aromatic carbocycles. The number of hydrogen-bond acceptors (Lipinski definition) is 3. The van der Waals surface area contributed by atoms with Crippen molar-refractivity contribution in [1.29, 1.82) is 0 Å². The van der Waals surface area contributed by atoms with Gasteiger partial charge in [-0.05, 0) is 57.3 Å². The Bertz CT molecular complexity index is 410. The third kappa shape index (κ3) is 3.28. The molecule has 2 fully saturated rings. The van der Waals surface area contributed by atoms with E-state index in [1.165, 1.54) is 45.3 Å². The molecular formula is C15H22ClN3. The molecule has 3 heterocycles. The first-order valence-electron chi connectivity index (χ1n) is 7.38. The van der Waals surface area contributed by atoms with Crippen molar-refractivity contribution < 1.29 is 0 Å². The number of piperidine rings is 1. The van der Waals surface area contributed by atoms with Crippen LogP contribution in [-0.4, -0.2) is 35.6 Å². The number of aromatic nitrogens is 1. The van der Waals surface area contributed by atoms with Gasteiger partial charge in [0.2, 0.25) is 0 Å². The maximum absolute atomic E-state index is 6.13. The average Bonchev–Trinajstić information content (AvgIpc) is 2.96. The second kappa shape index (κ2) is 6.21. The monoisotopic (exact) mass is 279 g/mol. The summed E-state index contributed by atoms with van der Waals surface area (Å²) in [7, 11) is 0. The summed E-state index contributed by atoms with van der Waals surface area (Å²) in [5.41, 5.74) is 1.15. The van der Waals surface area contributed by atoms with Crippen LogP contribution < -0.4 is 5.32 Å². The molecule has 0 radical (unpaired) electrons. The van der Waals surface area contributed by atoms with Crippen LogP contribution in [0.5, 0.6) is 0 Å². The fourth-order valence-corrected chi connectivity index (χ4v) is 3.58. The molecule has 0 amide bonds. The molecule has 1 atom stereocenters. The van der Waals surface area contributed by atoms with Gasteiger partial charge in [0.1, 0.15) is 5.15 Å². The van der Waals surface area contributed by atoms with Crippen LogP contribution in [0.4, 0.5) is 0 Å². The largest absolute Gasteiger partial charge is 0.314 e. The van der Waals surface area contributed by atoms with Crippen molar-refractivity contribution >= 4 is 11.6 Å². The number of rotatable bonds is 3. The molecule has 3 rings (SSSR count). The van der Waals surface area contributed by atoms with E-state index >= 15 is 0 Å². The van der Waals surface area contributed by atoms with Crippen molar-refractivity contribution in [3.63, 3.8) is 0 Å². The number of likely N-dealkylation sites (tertiary alicyclic amines) is 1. The predicted molar refractivity (Wildman–Crippen MR) is 78.3 cm³/mol. The Morgan fingerprint density at radius 1 is 1.32 bits per heavy atom. The Morgan fingerprint density at radius 3 is 2.84 bits per heavy atom. The smallest absolute Gasteiger partial charge is 0.133 e. The van der Waals surface area contributed by atoms with E-state index in [1.54, 1.807) is 6.20 Å². The zero-order chi connectivity index (χ0) is 13.1. The van der Waals surface area contributed by atoms with Crippen LogP contribution in [0, 0.1) is 5.92 Å². The lowest BCUT2D eigenvalue weighted by Gasteiger charge is -2.34. The summed E-state index contributed by atoms with van der Waals surface area (Å²) >= 11 is 6.13. The van der Waals surface area contributed by atoms with Gasteiger partial charge in [-0.1, -0.05) is 17.7 Å². The molecule has 4 heteroatoms. The summed E-state index contributed by atoms with van der Waals surface area (Å²) in [5, 5.41) is 4.31. The quantitative estimate of drug-likeness (QED) is 0.863. The van der Waals surface area contributed by atoms with Gasteiger partial charge in [0, 0.05) is 24.3 Å². The fraction of sp³-hybridized carbons (Fsp3) is 0.667. The van der Waals surface area contributed by atoms with Gasteiger partial charge in [0.05, 0.1) is 0 Å². The van der Waals surface area contributed by atoms with E-state index in [-0.39, 0.29) is 0 Å². The normalized spacial score (nSPS) is 25.8. The summed E-state index contributed by atoms with van der Waals surface area (Å²) in [4.78, 5) is 6.66. The lowest BCUT2D eigenvalue weighted by atomic mass is 9.88. The second-order valence-corrected chi connectivity index (χ2v) is 6.13. The van der Waals surface area contributed by atoms with Crippen LogP contribution in [0.3, 0.4) is 0 Å². The highest BCUT2D eigenvalue weighted by atomic mass is 35.5. The van der Waals surface area contributed by atoms with Gasteiger partial charge in [-0.3, -0.25) is 4.90 Å². The van der Waals surface area contributed by atoms with Crippen LogP contribution in [-0.2, 0) is 6.54 Å². The van der Waals surface area contributed by atoms with E-state index in [2.05, 4.69) is 21.3 Å². The van der Waals surface area contributed by atoms with Crippen molar-refractivity contribution in [3.8, 4) is 0 Å². The molecule has 0 aliphatic carbocycles. The lowest BCUT2D eigenvalue weighted by Crippen LogP contribution is -2.40. The first kappa shape index (κ1) is 13.3. The molecule has 1 aromatic heterocycles. The molecule has 0 saturated carbocycles. The van der Waals surface area contributed by atoms with Gasteiger partial charge in [-0.15, -0.1) is 0 Å². The van der Waals surface area contributed by atoms with Crippen molar-refractivity contribution in [2.45, 2.75) is 38.3 Å². The number of nitrogens with one attached hydrogen (secondary N) is 1. The summed E-state index contributed by atoms with van der Waals surface area (Å²) in [6, 6.07) is 4.83. The standard InChI is InChI=1S/C15H22ClN3/c16-15-13(3-1-8-18-15)11-19-9-5-12(6-10-19)14-4-2-7-17-14/h1,3,8,12,14,17H,2,4-7,9-11H2. The Labute approximate surface area is 120 Å². The summed E-state index contributed by atoms with van der Waals surface area (Å²) < 4.78 is 0. The molecule has 2 saturated heterocycles. The maximum Gasteiger partial charge on any atom is 0.133 e. The Balaban J connectivity index is 1.51. The van der Waals surface area contributed by atoms with Crippen molar-refractivity contribution in [2.24, 2.45) is 5.92 Å². The lowest BCUT2D eigenvalue weighted by molar-refractivity contribution is 0.157. The van der Waals surface area contributed by atoms with Crippen LogP contribution in [0.1, 0.15) is 31.2 Å². The van der Waals surface area contributed by atoms with Crippen LogP contribution in [0.25, 0.3) is 0 Å². The molecule has 0 bridgehead atoms. The molecule has 1 unspecified atom stereocenters. The Morgan fingerprint density at radius 2 is 2.16 bits per heavy atom. The summed E-state index contributed by atoms with van der Waals surface area (Å²) in [5.74, 6) is 0.878. The van der Waals surface area contributed by atoms with Crippen LogP contribution in [0.15, 0.2) is 18.3 Å². The molecule has 2 aliphatic heterocycles. The molecule has 0 spiro atoms. The van der Waals surface area contributed by atoms with Gasteiger partial charge in [0.15, 0.2) is 0 Å². The number of pyridine rings is 1. The zero-order valence-electron chi connectivity index (χ0n) is 11.3. The average molecular weight is 280 g/mol. The zero-order valence-corrected chi connectivity index (χ0v) is 12.1. The van der Waals surface area contributed by atoms with E-state index in [0.29, 0.717) is 5.15 Å². The molecule has 1 N–H and O–H groups in total. The molecular weight excluding hydrogens is 258 g/mol. The van der Waals surface area contributed by atoms with E-state index in [1.807, 2.05) is 6.07 Å². The maximum atomic E-state index is 6.13. The first-order chi connectivity index (χ1) is 9.33.